The molecule has 0 spiro atoms. The fourth-order valence-electron chi connectivity index (χ4n) is 2.40. The predicted molar refractivity (Wildman–Crippen MR) is 91.6 cm³/mol. The molecule has 106 valence electrons. The Morgan fingerprint density at radius 3 is 2.20 bits per heavy atom. The highest BCUT2D eigenvalue weighted by Crippen LogP contribution is 2.31. The monoisotopic (exact) mass is 350 g/mol. The maximum absolute atomic E-state index is 6.61. The van der Waals surface area contributed by atoms with Crippen LogP contribution in [0.4, 0.5) is 0 Å². The molecule has 1 atom stereocenters. The summed E-state index contributed by atoms with van der Waals surface area (Å²) >= 11 is 10.1. The van der Waals surface area contributed by atoms with Gasteiger partial charge in [-0.15, -0.1) is 11.6 Å². The third-order valence-corrected chi connectivity index (χ3v) is 4.24. The van der Waals surface area contributed by atoms with Crippen LogP contribution in [0.5, 0.6) is 0 Å². The average Bonchev–Trinajstić information content (AvgIpc) is 2.37. The quantitative estimate of drug-likeness (QED) is 0.568. The maximum atomic E-state index is 6.61. The first-order valence-corrected chi connectivity index (χ1v) is 8.18. The summed E-state index contributed by atoms with van der Waals surface area (Å²) in [6.07, 6.45) is 1.11. The Hall–Kier alpha value is -0.790. The van der Waals surface area contributed by atoms with Gasteiger partial charge in [-0.3, -0.25) is 0 Å². The summed E-state index contributed by atoms with van der Waals surface area (Å²) in [5.41, 5.74) is 4.88. The minimum Gasteiger partial charge on any atom is -0.113 e. The molecule has 0 saturated heterocycles. The van der Waals surface area contributed by atoms with Gasteiger partial charge in [0.15, 0.2) is 0 Å². The summed E-state index contributed by atoms with van der Waals surface area (Å²) in [7, 11) is 0. The number of halogens is 2. The van der Waals surface area contributed by atoms with Crippen LogP contribution in [0.3, 0.4) is 0 Å². The van der Waals surface area contributed by atoms with E-state index in [0.717, 1.165) is 22.0 Å². The van der Waals surface area contributed by atoms with E-state index in [4.69, 9.17) is 11.6 Å². The molecule has 0 aliphatic heterocycles. The number of hydrogen-bond donors (Lipinski definition) is 0. The Labute approximate surface area is 135 Å². The van der Waals surface area contributed by atoms with E-state index in [1.807, 2.05) is 0 Å². The molecule has 0 heterocycles. The molecule has 0 bridgehead atoms. The van der Waals surface area contributed by atoms with Crippen molar-refractivity contribution in [2.75, 3.05) is 0 Å². The second kappa shape index (κ2) is 6.78. The van der Waals surface area contributed by atoms with E-state index in [0.29, 0.717) is 5.92 Å². The maximum Gasteiger partial charge on any atom is 0.0835 e. The van der Waals surface area contributed by atoms with Gasteiger partial charge in [0.25, 0.3) is 0 Å². The highest BCUT2D eigenvalue weighted by atomic mass is 79.9. The van der Waals surface area contributed by atoms with Crippen LogP contribution >= 0.6 is 27.5 Å². The Morgan fingerprint density at radius 2 is 1.65 bits per heavy atom. The minimum atomic E-state index is -0.0979. The second-order valence-corrected chi connectivity index (χ2v) is 7.12. The normalized spacial score (nSPS) is 12.7. The Morgan fingerprint density at radius 1 is 1.00 bits per heavy atom. The van der Waals surface area contributed by atoms with Crippen LogP contribution in [-0.2, 0) is 6.42 Å². The summed E-state index contributed by atoms with van der Waals surface area (Å²) in [6.45, 7) is 6.56. The van der Waals surface area contributed by atoms with Gasteiger partial charge in [0, 0.05) is 4.47 Å². The van der Waals surface area contributed by atoms with E-state index >= 15 is 0 Å². The fourth-order valence-corrected chi connectivity index (χ4v) is 3.29. The molecule has 0 saturated carbocycles. The zero-order valence-electron chi connectivity index (χ0n) is 12.2. The molecule has 0 N–H and O–H groups in total. The molecule has 0 fully saturated rings. The first-order chi connectivity index (χ1) is 9.45. The van der Waals surface area contributed by atoms with Gasteiger partial charge in [-0.05, 0) is 53.6 Å². The van der Waals surface area contributed by atoms with Crippen LogP contribution in [0.2, 0.25) is 0 Å². The molecule has 0 aromatic heterocycles. The summed E-state index contributed by atoms with van der Waals surface area (Å²) in [6, 6.07) is 15.0. The van der Waals surface area contributed by atoms with Crippen molar-refractivity contribution in [2.24, 2.45) is 5.92 Å². The molecular weight excluding hydrogens is 332 g/mol. The van der Waals surface area contributed by atoms with E-state index < -0.39 is 0 Å². The van der Waals surface area contributed by atoms with E-state index in [1.54, 1.807) is 0 Å². The van der Waals surface area contributed by atoms with Crippen molar-refractivity contribution in [3.8, 4) is 0 Å². The third kappa shape index (κ3) is 4.10. The molecule has 0 amide bonds. The van der Waals surface area contributed by atoms with Gasteiger partial charge in [-0.2, -0.15) is 0 Å². The lowest BCUT2D eigenvalue weighted by Gasteiger charge is -2.13. The fraction of sp³-hybridized carbons (Fsp3) is 0.333. The van der Waals surface area contributed by atoms with Crippen LogP contribution in [-0.4, -0.2) is 0 Å². The van der Waals surface area contributed by atoms with Crippen molar-refractivity contribution in [3.05, 3.63) is 69.2 Å². The standard InChI is InChI=1S/C18H20BrCl/c1-12(2)8-14-4-6-15(7-5-14)18(20)16-9-13(3)10-17(19)11-16/h4-7,9-12,18H,8H2,1-3H3. The Bertz CT molecular complexity index is 552. The number of rotatable bonds is 4. The zero-order chi connectivity index (χ0) is 14.7. The first kappa shape index (κ1) is 15.6. The van der Waals surface area contributed by atoms with Crippen LogP contribution in [0.15, 0.2) is 46.9 Å². The van der Waals surface area contributed by atoms with Crippen LogP contribution in [0.1, 0.15) is 41.5 Å². The molecule has 2 aromatic carbocycles. The highest BCUT2D eigenvalue weighted by molar-refractivity contribution is 9.10. The number of benzene rings is 2. The molecular formula is C18H20BrCl. The van der Waals surface area contributed by atoms with Gasteiger partial charge < -0.3 is 0 Å². The van der Waals surface area contributed by atoms with Crippen molar-refractivity contribution in [2.45, 2.75) is 32.6 Å². The summed E-state index contributed by atoms with van der Waals surface area (Å²) in [5.74, 6) is 0.681. The molecule has 0 nitrogen and oxygen atoms in total. The number of aryl methyl sites for hydroxylation is 1. The lowest BCUT2D eigenvalue weighted by molar-refractivity contribution is 0.647. The van der Waals surface area contributed by atoms with Gasteiger partial charge in [0.05, 0.1) is 5.38 Å². The average molecular weight is 352 g/mol. The largest absolute Gasteiger partial charge is 0.113 e. The molecule has 20 heavy (non-hydrogen) atoms. The first-order valence-electron chi connectivity index (χ1n) is 6.95. The van der Waals surface area contributed by atoms with Gasteiger partial charge in [0.2, 0.25) is 0 Å². The van der Waals surface area contributed by atoms with Crippen molar-refractivity contribution in [1.82, 2.24) is 0 Å². The van der Waals surface area contributed by atoms with Crippen molar-refractivity contribution < 1.29 is 0 Å². The lowest BCUT2D eigenvalue weighted by Crippen LogP contribution is -1.97. The van der Waals surface area contributed by atoms with E-state index in [9.17, 15) is 0 Å². The Balaban J connectivity index is 2.22. The topological polar surface area (TPSA) is 0 Å². The molecule has 0 radical (unpaired) electrons. The van der Waals surface area contributed by atoms with Crippen molar-refractivity contribution in [1.29, 1.82) is 0 Å². The predicted octanol–water partition coefficient (Wildman–Crippen LogP) is 6.28. The molecule has 1 unspecified atom stereocenters. The van der Waals surface area contributed by atoms with Gasteiger partial charge in [0.1, 0.15) is 0 Å². The second-order valence-electron chi connectivity index (χ2n) is 5.76. The molecule has 0 aliphatic rings. The van der Waals surface area contributed by atoms with E-state index in [-0.39, 0.29) is 5.38 Å². The van der Waals surface area contributed by atoms with Crippen molar-refractivity contribution >= 4 is 27.5 Å². The minimum absolute atomic E-state index is 0.0979. The van der Waals surface area contributed by atoms with Crippen molar-refractivity contribution in [3.63, 3.8) is 0 Å². The van der Waals surface area contributed by atoms with E-state index in [2.05, 4.69) is 79.2 Å². The lowest BCUT2D eigenvalue weighted by atomic mass is 9.98. The van der Waals surface area contributed by atoms with Gasteiger partial charge >= 0.3 is 0 Å². The van der Waals surface area contributed by atoms with E-state index in [1.165, 1.54) is 11.1 Å². The summed E-state index contributed by atoms with van der Waals surface area (Å²) < 4.78 is 1.08. The molecule has 2 aromatic rings. The number of hydrogen-bond acceptors (Lipinski definition) is 0. The smallest absolute Gasteiger partial charge is 0.0835 e. The molecule has 2 rings (SSSR count). The number of alkyl halides is 1. The van der Waals surface area contributed by atoms with Gasteiger partial charge in [-0.1, -0.05) is 60.1 Å². The zero-order valence-corrected chi connectivity index (χ0v) is 14.5. The summed E-state index contributed by atoms with van der Waals surface area (Å²) in [4.78, 5) is 0. The third-order valence-electron chi connectivity index (χ3n) is 3.27. The molecule has 0 aliphatic carbocycles. The highest BCUT2D eigenvalue weighted by Gasteiger charge is 2.12. The molecule has 2 heteroatoms. The Kier molecular flexibility index (Phi) is 5.29. The van der Waals surface area contributed by atoms with Gasteiger partial charge in [-0.25, -0.2) is 0 Å². The van der Waals surface area contributed by atoms with Crippen LogP contribution < -0.4 is 0 Å². The summed E-state index contributed by atoms with van der Waals surface area (Å²) in [5, 5.41) is -0.0979. The van der Waals surface area contributed by atoms with Crippen LogP contribution in [0.25, 0.3) is 0 Å². The van der Waals surface area contributed by atoms with Crippen LogP contribution in [0, 0.1) is 12.8 Å². The SMILES string of the molecule is Cc1cc(Br)cc(C(Cl)c2ccc(CC(C)C)cc2)c1.